The van der Waals surface area contributed by atoms with E-state index in [4.69, 9.17) is 9.47 Å². The molecular weight excluding hydrogens is 267 g/mol. The van der Waals surface area contributed by atoms with E-state index in [1.807, 2.05) is 0 Å². The first-order valence-electron chi connectivity index (χ1n) is 4.22. The molecule has 0 rings (SSSR count). The molecule has 12 heavy (non-hydrogen) atoms. The number of hydrogen-bond acceptors (Lipinski definition) is 2. The van der Waals surface area contributed by atoms with E-state index in [2.05, 4.69) is 43.4 Å². The third-order valence-electron chi connectivity index (χ3n) is 2.21. The number of hydrogen-bond donors (Lipinski definition) is 0. The predicted octanol–water partition coefficient (Wildman–Crippen LogP) is 3.19. The summed E-state index contributed by atoms with van der Waals surface area (Å²) in [5.41, 5.74) is 0.0474. The van der Waals surface area contributed by atoms with E-state index in [1.165, 1.54) is 0 Å². The molecule has 0 aliphatic carbocycles. The van der Waals surface area contributed by atoms with E-state index in [-0.39, 0.29) is 5.41 Å². The lowest BCUT2D eigenvalue weighted by atomic mass is 9.87. The Morgan fingerprint density at radius 1 is 1.17 bits per heavy atom. The zero-order chi connectivity index (χ0) is 9.83. The highest BCUT2D eigenvalue weighted by Gasteiger charge is 2.42. The van der Waals surface area contributed by atoms with Crippen LogP contribution < -0.4 is 0 Å². The predicted molar refractivity (Wildman–Crippen MR) is 59.5 cm³/mol. The van der Waals surface area contributed by atoms with E-state index in [0.717, 1.165) is 12.8 Å². The number of methoxy groups -OCH3 is 2. The van der Waals surface area contributed by atoms with Gasteiger partial charge in [-0.05, 0) is 29.0 Å². The Hall–Kier alpha value is 0.650. The molecule has 0 saturated carbocycles. The Morgan fingerprint density at radius 2 is 1.58 bits per heavy atom. The van der Waals surface area contributed by atoms with Gasteiger partial charge in [-0.25, -0.2) is 0 Å². The van der Waals surface area contributed by atoms with Crippen molar-refractivity contribution in [3.8, 4) is 0 Å². The van der Waals surface area contributed by atoms with Crippen LogP contribution in [0, 0.1) is 5.41 Å². The second-order valence-electron chi connectivity index (χ2n) is 3.58. The maximum atomic E-state index is 5.37. The van der Waals surface area contributed by atoms with Crippen molar-refractivity contribution in [3.05, 3.63) is 0 Å². The Morgan fingerprint density at radius 3 is 1.83 bits per heavy atom. The summed E-state index contributed by atoms with van der Waals surface area (Å²) in [5.74, 6) is 0. The van der Waals surface area contributed by atoms with Crippen LogP contribution in [0.5, 0.6) is 0 Å². The molecule has 0 aromatic heterocycles. The second-order valence-corrected chi connectivity index (χ2v) is 5.00. The summed E-state index contributed by atoms with van der Waals surface area (Å²) in [6.07, 6.45) is 2.24. The van der Waals surface area contributed by atoms with Gasteiger partial charge in [-0.3, -0.25) is 0 Å². The molecule has 0 saturated heterocycles. The van der Waals surface area contributed by atoms with Gasteiger partial charge in [-0.1, -0.05) is 27.2 Å². The SMILES string of the molecule is CCCC(C)(C)C(I)(OC)OC. The molecule has 0 spiro atoms. The Labute approximate surface area is 89.1 Å². The lowest BCUT2D eigenvalue weighted by Gasteiger charge is -2.39. The Bertz CT molecular complexity index is 130. The van der Waals surface area contributed by atoms with Gasteiger partial charge in [0, 0.05) is 19.6 Å². The maximum Gasteiger partial charge on any atom is 0.226 e. The van der Waals surface area contributed by atoms with Crippen molar-refractivity contribution in [2.45, 2.75) is 37.4 Å². The zero-order valence-corrected chi connectivity index (χ0v) is 10.8. The van der Waals surface area contributed by atoms with Crippen LogP contribution in [0.2, 0.25) is 0 Å². The van der Waals surface area contributed by atoms with Crippen molar-refractivity contribution in [1.29, 1.82) is 0 Å². The molecule has 0 fully saturated rings. The normalized spacial score (nSPS) is 13.5. The summed E-state index contributed by atoms with van der Waals surface area (Å²) < 4.78 is 10.2. The van der Waals surface area contributed by atoms with Crippen LogP contribution in [-0.2, 0) is 9.47 Å². The van der Waals surface area contributed by atoms with Gasteiger partial charge in [0.2, 0.25) is 3.79 Å². The first-order chi connectivity index (χ1) is 5.43. The second kappa shape index (κ2) is 4.77. The molecule has 0 heterocycles. The molecule has 0 radical (unpaired) electrons. The molecule has 74 valence electrons. The van der Waals surface area contributed by atoms with Gasteiger partial charge in [0.1, 0.15) is 0 Å². The van der Waals surface area contributed by atoms with E-state index < -0.39 is 3.79 Å². The van der Waals surface area contributed by atoms with Crippen LogP contribution >= 0.6 is 22.6 Å². The molecule has 0 aliphatic heterocycles. The molecule has 0 bridgehead atoms. The van der Waals surface area contributed by atoms with Crippen LogP contribution in [0.3, 0.4) is 0 Å². The highest BCUT2D eigenvalue weighted by Crippen LogP contribution is 2.43. The van der Waals surface area contributed by atoms with Crippen molar-refractivity contribution in [2.24, 2.45) is 5.41 Å². The van der Waals surface area contributed by atoms with Gasteiger partial charge in [0.15, 0.2) is 0 Å². The third-order valence-corrected chi connectivity index (χ3v) is 4.55. The summed E-state index contributed by atoms with van der Waals surface area (Å²) in [5, 5.41) is 0. The van der Waals surface area contributed by atoms with E-state index >= 15 is 0 Å². The molecule has 0 unspecified atom stereocenters. The van der Waals surface area contributed by atoms with E-state index in [1.54, 1.807) is 14.2 Å². The maximum absolute atomic E-state index is 5.37. The molecule has 0 N–H and O–H groups in total. The molecular formula is C9H19IO2. The smallest absolute Gasteiger partial charge is 0.226 e. The quantitative estimate of drug-likeness (QED) is 0.439. The summed E-state index contributed by atoms with van der Waals surface area (Å²) in [4.78, 5) is 0. The fourth-order valence-electron chi connectivity index (χ4n) is 1.41. The number of halogens is 1. The number of alkyl halides is 1. The van der Waals surface area contributed by atoms with Crippen LogP contribution in [-0.4, -0.2) is 18.0 Å². The van der Waals surface area contributed by atoms with Crippen LogP contribution in [0.25, 0.3) is 0 Å². The fraction of sp³-hybridized carbons (Fsp3) is 1.00. The van der Waals surface area contributed by atoms with Gasteiger partial charge in [0.25, 0.3) is 0 Å². The van der Waals surface area contributed by atoms with Crippen molar-refractivity contribution in [1.82, 2.24) is 0 Å². The van der Waals surface area contributed by atoms with Gasteiger partial charge < -0.3 is 9.47 Å². The monoisotopic (exact) mass is 286 g/mol. The van der Waals surface area contributed by atoms with Gasteiger partial charge in [0.05, 0.1) is 0 Å². The van der Waals surface area contributed by atoms with Crippen molar-refractivity contribution in [3.63, 3.8) is 0 Å². The minimum atomic E-state index is -0.499. The summed E-state index contributed by atoms with van der Waals surface area (Å²) >= 11 is 2.22. The van der Waals surface area contributed by atoms with Gasteiger partial charge in [-0.2, -0.15) is 0 Å². The highest BCUT2D eigenvalue weighted by atomic mass is 127. The van der Waals surface area contributed by atoms with Crippen LogP contribution in [0.4, 0.5) is 0 Å². The summed E-state index contributed by atoms with van der Waals surface area (Å²) in [6.45, 7) is 6.50. The minimum absolute atomic E-state index is 0.0474. The largest absolute Gasteiger partial charge is 0.345 e. The van der Waals surface area contributed by atoms with Crippen LogP contribution in [0.15, 0.2) is 0 Å². The van der Waals surface area contributed by atoms with E-state index in [9.17, 15) is 0 Å². The lowest BCUT2D eigenvalue weighted by Crippen LogP contribution is -2.42. The zero-order valence-electron chi connectivity index (χ0n) is 8.61. The molecule has 0 aromatic rings. The molecule has 0 atom stereocenters. The lowest BCUT2D eigenvalue weighted by molar-refractivity contribution is -0.185. The Kier molecular flexibility index (Phi) is 5.02. The average molecular weight is 286 g/mol. The molecule has 3 heteroatoms. The first kappa shape index (κ1) is 12.7. The molecule has 2 nitrogen and oxygen atoms in total. The van der Waals surface area contributed by atoms with Crippen molar-refractivity contribution in [2.75, 3.05) is 14.2 Å². The highest BCUT2D eigenvalue weighted by molar-refractivity contribution is 14.1. The third kappa shape index (κ3) is 2.57. The fourth-order valence-corrected chi connectivity index (χ4v) is 1.68. The van der Waals surface area contributed by atoms with Crippen molar-refractivity contribution >= 4 is 22.6 Å². The number of rotatable bonds is 5. The Balaban J connectivity index is 4.46. The van der Waals surface area contributed by atoms with Gasteiger partial charge >= 0.3 is 0 Å². The molecule has 0 amide bonds. The molecule has 0 aromatic carbocycles. The van der Waals surface area contributed by atoms with Crippen LogP contribution in [0.1, 0.15) is 33.6 Å². The number of ether oxygens (including phenoxy) is 2. The standard InChI is InChI=1S/C9H19IO2/c1-6-7-8(2,3)9(10,11-4)12-5/h6-7H2,1-5H3. The average Bonchev–Trinajstić information content (AvgIpc) is 2.02. The summed E-state index contributed by atoms with van der Waals surface area (Å²) in [6, 6.07) is 0. The van der Waals surface area contributed by atoms with Crippen molar-refractivity contribution < 1.29 is 9.47 Å². The topological polar surface area (TPSA) is 18.5 Å². The minimum Gasteiger partial charge on any atom is -0.345 e. The first-order valence-corrected chi connectivity index (χ1v) is 5.30. The molecule has 0 aliphatic rings. The van der Waals surface area contributed by atoms with E-state index in [0.29, 0.717) is 0 Å². The summed E-state index contributed by atoms with van der Waals surface area (Å²) in [7, 11) is 3.38. The van der Waals surface area contributed by atoms with Gasteiger partial charge in [-0.15, -0.1) is 0 Å².